The van der Waals surface area contributed by atoms with Crippen molar-refractivity contribution in [3.8, 4) is 0 Å². The highest BCUT2D eigenvalue weighted by Crippen LogP contribution is 2.28. The molecule has 1 aromatic heterocycles. The molecule has 0 bridgehead atoms. The van der Waals surface area contributed by atoms with Crippen molar-refractivity contribution in [1.29, 1.82) is 0 Å². The number of nitrogens with one attached hydrogen (secondary N) is 1. The molecule has 0 unspecified atom stereocenters. The average molecular weight is 348 g/mol. The number of fused-ring (bicyclic) bond motifs is 2. The minimum absolute atomic E-state index is 0.0888. The fraction of sp³-hybridized carbons (Fsp3) is 0.150. The maximum absolute atomic E-state index is 12.9. The largest absolute Gasteiger partial charge is 0.465 e. The fourth-order valence-corrected chi connectivity index (χ4v) is 3.36. The Bertz CT molecular complexity index is 1100. The summed E-state index contributed by atoms with van der Waals surface area (Å²) >= 11 is 0. The predicted molar refractivity (Wildman–Crippen MR) is 95.9 cm³/mol. The summed E-state index contributed by atoms with van der Waals surface area (Å²) in [4.78, 5) is 41.4. The van der Waals surface area contributed by atoms with E-state index < -0.39 is 5.97 Å². The van der Waals surface area contributed by atoms with Crippen molar-refractivity contribution in [3.05, 3.63) is 81.1 Å². The molecule has 0 fully saturated rings. The Kier molecular flexibility index (Phi) is 3.80. The van der Waals surface area contributed by atoms with Crippen LogP contribution in [0.5, 0.6) is 0 Å². The summed E-state index contributed by atoms with van der Waals surface area (Å²) in [6.45, 7) is 0.783. The number of methoxy groups -OCH3 is 1. The predicted octanol–water partition coefficient (Wildman–Crippen LogP) is 2.47. The molecule has 0 radical (unpaired) electrons. The van der Waals surface area contributed by atoms with Gasteiger partial charge in [-0.2, -0.15) is 0 Å². The normalized spacial score (nSPS) is 12.9. The van der Waals surface area contributed by atoms with E-state index in [1.54, 1.807) is 41.4 Å². The molecule has 0 spiro atoms. The molecule has 6 nitrogen and oxygen atoms in total. The Balaban J connectivity index is 1.66. The van der Waals surface area contributed by atoms with Crippen LogP contribution >= 0.6 is 0 Å². The molecular weight excluding hydrogens is 332 g/mol. The Morgan fingerprint density at radius 1 is 1.12 bits per heavy atom. The third-order valence-corrected chi connectivity index (χ3v) is 4.68. The van der Waals surface area contributed by atoms with Gasteiger partial charge in [0.2, 0.25) is 0 Å². The number of aromatic amines is 1. The van der Waals surface area contributed by atoms with Crippen molar-refractivity contribution < 1.29 is 14.3 Å². The summed E-state index contributed by atoms with van der Waals surface area (Å²) in [5.74, 6) is -0.553. The summed E-state index contributed by atoms with van der Waals surface area (Å²) < 4.78 is 4.83. The van der Waals surface area contributed by atoms with Crippen LogP contribution in [0.1, 0.15) is 31.8 Å². The smallest absolute Gasteiger partial charge is 0.338 e. The van der Waals surface area contributed by atoms with Gasteiger partial charge in [0, 0.05) is 36.3 Å². The zero-order valence-electron chi connectivity index (χ0n) is 14.1. The van der Waals surface area contributed by atoms with E-state index in [0.29, 0.717) is 35.1 Å². The SMILES string of the molecule is COC(=O)c1cccc2c1CN(C(=O)c1ccc3c(=O)cc[nH]c3c1)C2. The lowest BCUT2D eigenvalue weighted by Crippen LogP contribution is -2.25. The highest BCUT2D eigenvalue weighted by Gasteiger charge is 2.28. The molecule has 26 heavy (non-hydrogen) atoms. The Morgan fingerprint density at radius 2 is 1.96 bits per heavy atom. The highest BCUT2D eigenvalue weighted by atomic mass is 16.5. The lowest BCUT2D eigenvalue weighted by Gasteiger charge is -2.16. The first-order valence-corrected chi connectivity index (χ1v) is 8.18. The van der Waals surface area contributed by atoms with Crippen molar-refractivity contribution in [2.45, 2.75) is 13.1 Å². The Morgan fingerprint density at radius 3 is 2.77 bits per heavy atom. The van der Waals surface area contributed by atoms with Crippen molar-refractivity contribution in [2.75, 3.05) is 7.11 Å². The molecular formula is C20H16N2O4. The molecule has 1 aliphatic rings. The Labute approximate surface area is 149 Å². The molecule has 6 heteroatoms. The van der Waals surface area contributed by atoms with Gasteiger partial charge in [0.15, 0.2) is 5.43 Å². The molecule has 1 aliphatic heterocycles. The third-order valence-electron chi connectivity index (χ3n) is 4.68. The second-order valence-electron chi connectivity index (χ2n) is 6.20. The monoisotopic (exact) mass is 348 g/mol. The molecule has 0 saturated carbocycles. The van der Waals surface area contributed by atoms with Crippen molar-refractivity contribution >= 4 is 22.8 Å². The first-order valence-electron chi connectivity index (χ1n) is 8.18. The van der Waals surface area contributed by atoms with E-state index >= 15 is 0 Å². The average Bonchev–Trinajstić information content (AvgIpc) is 3.11. The van der Waals surface area contributed by atoms with Gasteiger partial charge >= 0.3 is 5.97 Å². The number of nitrogens with zero attached hydrogens (tertiary/aromatic N) is 1. The van der Waals surface area contributed by atoms with Gasteiger partial charge in [0.1, 0.15) is 0 Å². The zero-order chi connectivity index (χ0) is 18.3. The van der Waals surface area contributed by atoms with E-state index in [0.717, 1.165) is 11.1 Å². The molecule has 0 aliphatic carbocycles. The van der Waals surface area contributed by atoms with Gasteiger partial charge in [-0.3, -0.25) is 9.59 Å². The molecule has 0 saturated heterocycles. The number of hydrogen-bond acceptors (Lipinski definition) is 4. The zero-order valence-corrected chi connectivity index (χ0v) is 14.1. The lowest BCUT2D eigenvalue weighted by atomic mass is 10.0. The second-order valence-corrected chi connectivity index (χ2v) is 6.20. The molecule has 0 atom stereocenters. The number of esters is 1. The van der Waals surface area contributed by atoms with Crippen molar-refractivity contribution in [3.63, 3.8) is 0 Å². The summed E-state index contributed by atoms with van der Waals surface area (Å²) in [5.41, 5.74) is 3.27. The minimum Gasteiger partial charge on any atom is -0.465 e. The van der Waals surface area contributed by atoms with Crippen LogP contribution in [0, 0.1) is 0 Å². The summed E-state index contributed by atoms with van der Waals surface area (Å²) in [5, 5.41) is 0.543. The van der Waals surface area contributed by atoms with Crippen molar-refractivity contribution in [2.24, 2.45) is 0 Å². The minimum atomic E-state index is -0.403. The third kappa shape index (κ3) is 2.56. The van der Waals surface area contributed by atoms with Gasteiger partial charge in [-0.25, -0.2) is 4.79 Å². The highest BCUT2D eigenvalue weighted by molar-refractivity contribution is 5.98. The lowest BCUT2D eigenvalue weighted by molar-refractivity contribution is 0.0596. The number of aromatic nitrogens is 1. The van der Waals surface area contributed by atoms with E-state index in [9.17, 15) is 14.4 Å². The van der Waals surface area contributed by atoms with Gasteiger partial charge in [0.25, 0.3) is 5.91 Å². The number of carbonyl (C=O) groups is 2. The van der Waals surface area contributed by atoms with Crippen LogP contribution < -0.4 is 5.43 Å². The fourth-order valence-electron chi connectivity index (χ4n) is 3.36. The number of H-pyrrole nitrogens is 1. The molecule has 130 valence electrons. The number of amides is 1. The molecule has 2 heterocycles. The Hall–Kier alpha value is -3.41. The molecule has 2 aromatic carbocycles. The molecule has 1 N–H and O–H groups in total. The van der Waals surface area contributed by atoms with Crippen LogP contribution in [0.15, 0.2) is 53.5 Å². The van der Waals surface area contributed by atoms with Crippen LogP contribution in [0.25, 0.3) is 10.9 Å². The van der Waals surface area contributed by atoms with Crippen LogP contribution in [-0.2, 0) is 17.8 Å². The van der Waals surface area contributed by atoms with E-state index in [1.165, 1.54) is 13.2 Å². The second kappa shape index (κ2) is 6.15. The van der Waals surface area contributed by atoms with E-state index in [2.05, 4.69) is 4.98 Å². The van der Waals surface area contributed by atoms with E-state index in [-0.39, 0.29) is 11.3 Å². The van der Waals surface area contributed by atoms with Gasteiger partial charge in [0.05, 0.1) is 18.2 Å². The van der Waals surface area contributed by atoms with E-state index in [4.69, 9.17) is 4.74 Å². The number of benzene rings is 2. The molecule has 3 aromatic rings. The van der Waals surface area contributed by atoms with E-state index in [1.807, 2.05) is 6.07 Å². The van der Waals surface area contributed by atoms with Crippen LogP contribution in [0.4, 0.5) is 0 Å². The van der Waals surface area contributed by atoms with Crippen LogP contribution in [0.2, 0.25) is 0 Å². The quantitative estimate of drug-likeness (QED) is 0.722. The maximum atomic E-state index is 12.9. The summed E-state index contributed by atoms with van der Waals surface area (Å²) in [7, 11) is 1.34. The molecule has 4 rings (SSSR count). The first-order chi connectivity index (χ1) is 12.6. The number of carbonyl (C=O) groups excluding carboxylic acids is 2. The summed E-state index contributed by atoms with van der Waals surface area (Å²) in [6.07, 6.45) is 1.56. The molecule has 1 amide bonds. The summed E-state index contributed by atoms with van der Waals surface area (Å²) in [6, 6.07) is 11.9. The van der Waals surface area contributed by atoms with Gasteiger partial charge in [-0.15, -0.1) is 0 Å². The number of pyridine rings is 1. The number of rotatable bonds is 2. The van der Waals surface area contributed by atoms with Crippen molar-refractivity contribution in [1.82, 2.24) is 9.88 Å². The standard InChI is InChI=1S/C20H16N2O4/c1-26-20(25)14-4-2-3-13-10-22(11-16(13)14)19(24)12-5-6-15-17(9-12)21-8-7-18(15)23/h2-9H,10-11H2,1H3,(H,21,23). The van der Waals surface area contributed by atoms with Gasteiger partial charge in [-0.1, -0.05) is 12.1 Å². The van der Waals surface area contributed by atoms with Crippen LogP contribution in [-0.4, -0.2) is 28.9 Å². The number of ether oxygens (including phenoxy) is 1. The topological polar surface area (TPSA) is 79.5 Å². The first kappa shape index (κ1) is 16.1. The van der Waals surface area contributed by atoms with Gasteiger partial charge in [-0.05, 0) is 35.4 Å². The van der Waals surface area contributed by atoms with Gasteiger partial charge < -0.3 is 14.6 Å². The number of hydrogen-bond donors (Lipinski definition) is 1. The van der Waals surface area contributed by atoms with Crippen LogP contribution in [0.3, 0.4) is 0 Å². The maximum Gasteiger partial charge on any atom is 0.338 e.